The zero-order valence-corrected chi connectivity index (χ0v) is 8.05. The molecule has 1 amide bonds. The van der Waals surface area contributed by atoms with Crippen molar-refractivity contribution in [2.24, 2.45) is 0 Å². The lowest BCUT2D eigenvalue weighted by molar-refractivity contribution is 0.0892. The molecule has 1 aromatic rings. The van der Waals surface area contributed by atoms with E-state index < -0.39 is 0 Å². The Morgan fingerprint density at radius 1 is 1.46 bits per heavy atom. The summed E-state index contributed by atoms with van der Waals surface area (Å²) in [6.07, 6.45) is 0. The van der Waals surface area contributed by atoms with Crippen LogP contribution in [0.4, 0.5) is 5.88 Å². The van der Waals surface area contributed by atoms with Gasteiger partial charge in [-0.1, -0.05) is 0 Å². The Hall–Kier alpha value is -1.45. The number of carbonyl (C=O) groups is 1. The summed E-state index contributed by atoms with van der Waals surface area (Å²) in [5, 5.41) is 2.76. The molecule has 0 unspecified atom stereocenters. The summed E-state index contributed by atoms with van der Waals surface area (Å²) >= 11 is 0. The van der Waals surface area contributed by atoms with Crippen molar-refractivity contribution in [3.05, 3.63) is 17.9 Å². The fourth-order valence-corrected chi connectivity index (χ4v) is 0.877. The number of nitrogens with two attached hydrogens (primary N) is 1. The molecule has 0 aromatic carbocycles. The first-order valence-corrected chi connectivity index (χ1v) is 4.06. The van der Waals surface area contributed by atoms with Gasteiger partial charge in [0.25, 0.3) is 5.91 Å². The first-order valence-electron chi connectivity index (χ1n) is 4.06. The maximum atomic E-state index is 11.4. The van der Waals surface area contributed by atoms with Crippen LogP contribution in [-0.4, -0.2) is 11.4 Å². The van der Waals surface area contributed by atoms with E-state index in [1.807, 2.05) is 20.8 Å². The number of nitrogen functional groups attached to an aromatic ring is 1. The van der Waals surface area contributed by atoms with Crippen LogP contribution in [0.1, 0.15) is 31.3 Å². The summed E-state index contributed by atoms with van der Waals surface area (Å²) in [6.45, 7) is 5.70. The van der Waals surface area contributed by atoms with Crippen molar-refractivity contribution in [2.45, 2.75) is 26.3 Å². The number of hydrogen-bond acceptors (Lipinski definition) is 3. The van der Waals surface area contributed by atoms with Crippen LogP contribution in [0.15, 0.2) is 16.5 Å². The largest absolute Gasteiger partial charge is 0.436 e. The highest BCUT2D eigenvalue weighted by molar-refractivity contribution is 5.92. The van der Waals surface area contributed by atoms with Gasteiger partial charge in [-0.2, -0.15) is 0 Å². The van der Waals surface area contributed by atoms with Gasteiger partial charge in [0, 0.05) is 11.6 Å². The number of nitrogens with one attached hydrogen (secondary N) is 1. The number of furan rings is 1. The summed E-state index contributed by atoms with van der Waals surface area (Å²) in [7, 11) is 0. The summed E-state index contributed by atoms with van der Waals surface area (Å²) in [5.41, 5.74) is 5.07. The van der Waals surface area contributed by atoms with Crippen molar-refractivity contribution in [3.8, 4) is 0 Å². The summed E-state index contributed by atoms with van der Waals surface area (Å²) in [6, 6.07) is 3.11. The Labute approximate surface area is 77.1 Å². The Kier molecular flexibility index (Phi) is 2.32. The quantitative estimate of drug-likeness (QED) is 0.689. The van der Waals surface area contributed by atoms with Gasteiger partial charge in [-0.25, -0.2) is 0 Å². The molecule has 0 fully saturated rings. The number of carbonyl (C=O) groups excluding carboxylic acids is 1. The van der Waals surface area contributed by atoms with Crippen LogP contribution in [0.2, 0.25) is 0 Å². The van der Waals surface area contributed by atoms with Gasteiger partial charge < -0.3 is 15.5 Å². The minimum Gasteiger partial charge on any atom is -0.436 e. The maximum Gasteiger partial charge on any atom is 0.287 e. The van der Waals surface area contributed by atoms with Crippen LogP contribution in [0.25, 0.3) is 0 Å². The molecule has 1 rings (SSSR count). The van der Waals surface area contributed by atoms with Gasteiger partial charge in [0.05, 0.1) is 0 Å². The van der Waals surface area contributed by atoms with Gasteiger partial charge in [-0.3, -0.25) is 4.79 Å². The lowest BCUT2D eigenvalue weighted by Crippen LogP contribution is -2.40. The van der Waals surface area contributed by atoms with Gasteiger partial charge in [0.1, 0.15) is 0 Å². The summed E-state index contributed by atoms with van der Waals surface area (Å²) < 4.78 is 4.96. The Bertz CT molecular complexity index is 310. The van der Waals surface area contributed by atoms with Crippen molar-refractivity contribution < 1.29 is 9.21 Å². The van der Waals surface area contributed by atoms with Gasteiger partial charge in [-0.15, -0.1) is 0 Å². The van der Waals surface area contributed by atoms with Crippen molar-refractivity contribution in [2.75, 3.05) is 5.73 Å². The van der Waals surface area contributed by atoms with Crippen molar-refractivity contribution in [1.82, 2.24) is 5.32 Å². The van der Waals surface area contributed by atoms with E-state index in [1.54, 1.807) is 12.1 Å². The van der Waals surface area contributed by atoms with Gasteiger partial charge in [0.15, 0.2) is 11.6 Å². The van der Waals surface area contributed by atoms with Crippen LogP contribution in [0.5, 0.6) is 0 Å². The average Bonchev–Trinajstić information content (AvgIpc) is 2.31. The molecular formula is C9H14N2O2. The maximum absolute atomic E-state index is 11.4. The Balaban J connectivity index is 2.70. The number of anilines is 1. The topological polar surface area (TPSA) is 68.3 Å². The molecule has 0 spiro atoms. The molecule has 4 nitrogen and oxygen atoms in total. The van der Waals surface area contributed by atoms with Gasteiger partial charge in [-0.05, 0) is 26.8 Å². The standard InChI is InChI=1S/C9H14N2O2/c1-9(2,3)11-8(12)6-4-5-7(10)13-6/h4-5H,10H2,1-3H3,(H,11,12). The molecule has 0 radical (unpaired) electrons. The highest BCUT2D eigenvalue weighted by atomic mass is 16.4. The third-order valence-corrected chi connectivity index (χ3v) is 1.34. The van der Waals surface area contributed by atoms with Crippen molar-refractivity contribution in [3.63, 3.8) is 0 Å². The van der Waals surface area contributed by atoms with Crippen LogP contribution >= 0.6 is 0 Å². The minimum absolute atomic E-state index is 0.243. The van der Waals surface area contributed by atoms with Crippen LogP contribution in [-0.2, 0) is 0 Å². The van der Waals surface area contributed by atoms with E-state index in [2.05, 4.69) is 5.32 Å². The number of hydrogen-bond donors (Lipinski definition) is 2. The second kappa shape index (κ2) is 3.12. The van der Waals surface area contributed by atoms with Gasteiger partial charge in [0.2, 0.25) is 0 Å². The molecule has 13 heavy (non-hydrogen) atoms. The lowest BCUT2D eigenvalue weighted by atomic mass is 10.1. The molecule has 0 atom stereocenters. The average molecular weight is 182 g/mol. The normalized spacial score (nSPS) is 11.3. The van der Waals surface area contributed by atoms with Crippen LogP contribution in [0.3, 0.4) is 0 Å². The predicted molar refractivity (Wildman–Crippen MR) is 50.3 cm³/mol. The molecule has 0 bridgehead atoms. The van der Waals surface area contributed by atoms with E-state index in [1.165, 1.54) is 0 Å². The summed E-state index contributed by atoms with van der Waals surface area (Å²) in [4.78, 5) is 11.4. The zero-order chi connectivity index (χ0) is 10.1. The highest BCUT2D eigenvalue weighted by Gasteiger charge is 2.17. The smallest absolute Gasteiger partial charge is 0.287 e. The number of rotatable bonds is 1. The zero-order valence-electron chi connectivity index (χ0n) is 8.05. The third-order valence-electron chi connectivity index (χ3n) is 1.34. The second-order valence-electron chi connectivity index (χ2n) is 3.91. The van der Waals surface area contributed by atoms with E-state index in [-0.39, 0.29) is 23.1 Å². The SMILES string of the molecule is CC(C)(C)NC(=O)c1ccc(N)o1. The minimum atomic E-state index is -0.265. The predicted octanol–water partition coefficient (Wildman–Crippen LogP) is 1.39. The van der Waals surface area contributed by atoms with Crippen molar-refractivity contribution >= 4 is 11.8 Å². The van der Waals surface area contributed by atoms with E-state index in [0.717, 1.165) is 0 Å². The van der Waals surface area contributed by atoms with E-state index in [0.29, 0.717) is 0 Å². The molecule has 4 heteroatoms. The van der Waals surface area contributed by atoms with E-state index in [9.17, 15) is 4.79 Å². The monoisotopic (exact) mass is 182 g/mol. The molecule has 0 aliphatic heterocycles. The Morgan fingerprint density at radius 2 is 2.08 bits per heavy atom. The second-order valence-corrected chi connectivity index (χ2v) is 3.91. The highest BCUT2D eigenvalue weighted by Crippen LogP contribution is 2.10. The third kappa shape index (κ3) is 2.82. The fraction of sp³-hybridized carbons (Fsp3) is 0.444. The molecule has 0 aliphatic rings. The fourth-order valence-electron chi connectivity index (χ4n) is 0.877. The molecule has 3 N–H and O–H groups in total. The molecule has 72 valence electrons. The van der Waals surface area contributed by atoms with Crippen molar-refractivity contribution in [1.29, 1.82) is 0 Å². The van der Waals surface area contributed by atoms with Gasteiger partial charge >= 0.3 is 0 Å². The van der Waals surface area contributed by atoms with E-state index >= 15 is 0 Å². The van der Waals surface area contributed by atoms with Crippen LogP contribution < -0.4 is 11.1 Å². The number of amides is 1. The molecule has 0 saturated carbocycles. The first kappa shape index (κ1) is 9.64. The molecule has 1 heterocycles. The van der Waals surface area contributed by atoms with Crippen LogP contribution in [0, 0.1) is 0 Å². The summed E-state index contributed by atoms with van der Waals surface area (Å²) in [5.74, 6) is 0.246. The molecule has 0 aliphatic carbocycles. The first-order chi connectivity index (χ1) is 5.88. The van der Waals surface area contributed by atoms with E-state index in [4.69, 9.17) is 10.2 Å². The molecule has 1 aromatic heterocycles. The molecule has 0 saturated heterocycles. The Morgan fingerprint density at radius 3 is 2.46 bits per heavy atom. The lowest BCUT2D eigenvalue weighted by Gasteiger charge is -2.19. The molecular weight excluding hydrogens is 168 g/mol.